The Balaban J connectivity index is 1.31. The summed E-state index contributed by atoms with van der Waals surface area (Å²) in [5.41, 5.74) is 2.82. The highest BCUT2D eigenvalue weighted by atomic mass is 19.1. The fraction of sp³-hybridized carbons (Fsp3) is 0.188. The number of aromatic hydroxyl groups is 1. The third kappa shape index (κ3) is 5.44. The van der Waals surface area contributed by atoms with E-state index in [1.807, 2.05) is 31.2 Å². The second kappa shape index (κ2) is 11.3. The van der Waals surface area contributed by atoms with Gasteiger partial charge in [-0.25, -0.2) is 19.3 Å². The highest BCUT2D eigenvalue weighted by Gasteiger charge is 2.31. The maximum Gasteiger partial charge on any atom is 0.262 e. The molecule has 41 heavy (non-hydrogen) atoms. The summed E-state index contributed by atoms with van der Waals surface area (Å²) >= 11 is 0. The minimum absolute atomic E-state index is 0.0349. The first kappa shape index (κ1) is 26.3. The zero-order valence-corrected chi connectivity index (χ0v) is 22.5. The van der Waals surface area contributed by atoms with E-state index >= 15 is 4.39 Å². The minimum Gasteiger partial charge on any atom is -0.508 e. The van der Waals surface area contributed by atoms with Crippen LogP contribution in [0.2, 0.25) is 0 Å². The quantitative estimate of drug-likeness (QED) is 0.240. The highest BCUT2D eigenvalue weighted by Crippen LogP contribution is 2.32. The van der Waals surface area contributed by atoms with Gasteiger partial charge in [-0.2, -0.15) is 0 Å². The van der Waals surface area contributed by atoms with Gasteiger partial charge in [-0.15, -0.1) is 0 Å². The molecule has 6 rings (SSSR count). The molecule has 3 N–H and O–H groups in total. The van der Waals surface area contributed by atoms with E-state index in [1.165, 1.54) is 12.1 Å². The van der Waals surface area contributed by atoms with E-state index in [0.717, 1.165) is 41.3 Å². The molecule has 1 amide bonds. The molecule has 3 aromatic carbocycles. The highest BCUT2D eigenvalue weighted by molar-refractivity contribution is 6.11. The second-order valence-electron chi connectivity index (χ2n) is 10.1. The van der Waals surface area contributed by atoms with Gasteiger partial charge < -0.3 is 15.7 Å². The number of hydrogen-bond acceptors (Lipinski definition) is 7. The van der Waals surface area contributed by atoms with Crippen LogP contribution >= 0.6 is 0 Å². The van der Waals surface area contributed by atoms with E-state index in [1.54, 1.807) is 53.7 Å². The molecule has 9 heteroatoms. The molecular formula is C32H29FN6O2. The molecule has 8 nitrogen and oxygen atoms in total. The van der Waals surface area contributed by atoms with Crippen molar-refractivity contribution in [2.45, 2.75) is 25.8 Å². The van der Waals surface area contributed by atoms with Gasteiger partial charge >= 0.3 is 0 Å². The van der Waals surface area contributed by atoms with Crippen molar-refractivity contribution in [1.29, 1.82) is 0 Å². The van der Waals surface area contributed by atoms with Gasteiger partial charge in [0.25, 0.3) is 5.91 Å². The van der Waals surface area contributed by atoms with Crippen LogP contribution in [0.15, 0.2) is 85.2 Å². The van der Waals surface area contributed by atoms with E-state index in [2.05, 4.69) is 25.6 Å². The molecule has 1 fully saturated rings. The number of aromatic nitrogens is 3. The molecule has 0 spiro atoms. The van der Waals surface area contributed by atoms with Crippen LogP contribution in [0.25, 0.3) is 22.0 Å². The molecule has 2 aromatic heterocycles. The van der Waals surface area contributed by atoms with Crippen molar-refractivity contribution in [2.24, 2.45) is 0 Å². The molecule has 0 saturated carbocycles. The van der Waals surface area contributed by atoms with Gasteiger partial charge in [0.15, 0.2) is 0 Å². The van der Waals surface area contributed by atoms with Crippen molar-refractivity contribution in [2.75, 3.05) is 23.3 Å². The molecule has 0 bridgehead atoms. The summed E-state index contributed by atoms with van der Waals surface area (Å²) in [4.78, 5) is 29.1. The van der Waals surface area contributed by atoms with Gasteiger partial charge in [-0.05, 0) is 91.9 Å². The summed E-state index contributed by atoms with van der Waals surface area (Å²) in [6.45, 7) is 3.48. The number of rotatable bonds is 6. The standard InChI is InChI=1S/C32H29FN6O2/c1-20-4-2-5-22-13-16-35-30(29(20)22)39(24-6-3-15-34-19-24)31(41)26-12-9-23(18-27(26)33)37-32-36-17-14-28(38-32)21-7-10-25(40)11-8-21/h2,4-5,7-14,16-18,24,34,40H,3,6,15,19H2,1H3,(H,36,37,38)/t24-/m1/s1. The Morgan fingerprint density at radius 2 is 1.88 bits per heavy atom. The van der Waals surface area contributed by atoms with Crippen molar-refractivity contribution in [1.82, 2.24) is 20.3 Å². The molecule has 5 aromatic rings. The smallest absolute Gasteiger partial charge is 0.262 e. The molecule has 1 aliphatic rings. The molecule has 0 radical (unpaired) electrons. The molecule has 3 heterocycles. The summed E-state index contributed by atoms with van der Waals surface area (Å²) in [6.07, 6.45) is 5.00. The number of phenols is 1. The van der Waals surface area contributed by atoms with Crippen LogP contribution in [-0.2, 0) is 0 Å². The van der Waals surface area contributed by atoms with E-state index in [0.29, 0.717) is 23.7 Å². The van der Waals surface area contributed by atoms with Gasteiger partial charge in [0.2, 0.25) is 5.95 Å². The Labute approximate surface area is 236 Å². The third-order valence-electron chi connectivity index (χ3n) is 7.34. The first-order valence-electron chi connectivity index (χ1n) is 13.6. The molecular weight excluding hydrogens is 519 g/mol. The van der Waals surface area contributed by atoms with Crippen molar-refractivity contribution >= 4 is 34.1 Å². The average molecular weight is 549 g/mol. The zero-order valence-electron chi connectivity index (χ0n) is 22.5. The minimum atomic E-state index is -0.652. The summed E-state index contributed by atoms with van der Waals surface area (Å²) in [6, 6.07) is 20.6. The number of anilines is 3. The van der Waals surface area contributed by atoms with Gasteiger partial charge in [0, 0.05) is 35.6 Å². The van der Waals surface area contributed by atoms with Crippen LogP contribution in [0.1, 0.15) is 28.8 Å². The first-order chi connectivity index (χ1) is 20.0. The van der Waals surface area contributed by atoms with Crippen LogP contribution in [0, 0.1) is 12.7 Å². The van der Waals surface area contributed by atoms with Crippen LogP contribution in [-0.4, -0.2) is 45.1 Å². The monoisotopic (exact) mass is 548 g/mol. The van der Waals surface area contributed by atoms with Crippen molar-refractivity contribution in [3.05, 3.63) is 102 Å². The largest absolute Gasteiger partial charge is 0.508 e. The number of nitrogens with zero attached hydrogens (tertiary/aromatic N) is 4. The molecule has 1 aliphatic heterocycles. The van der Waals surface area contributed by atoms with Gasteiger partial charge in [-0.1, -0.05) is 18.2 Å². The number of carbonyl (C=O) groups is 1. The maximum absolute atomic E-state index is 15.6. The number of nitrogens with one attached hydrogen (secondary N) is 2. The Hall–Kier alpha value is -4.89. The lowest BCUT2D eigenvalue weighted by Gasteiger charge is -2.35. The number of fused-ring (bicyclic) bond motifs is 1. The predicted molar refractivity (Wildman–Crippen MR) is 158 cm³/mol. The van der Waals surface area contributed by atoms with Crippen LogP contribution in [0.3, 0.4) is 0 Å². The lowest BCUT2D eigenvalue weighted by atomic mass is 10.0. The average Bonchev–Trinajstić information content (AvgIpc) is 2.98. The van der Waals surface area contributed by atoms with E-state index < -0.39 is 11.7 Å². The van der Waals surface area contributed by atoms with E-state index in [4.69, 9.17) is 0 Å². The molecule has 206 valence electrons. The zero-order chi connectivity index (χ0) is 28.3. The Kier molecular flexibility index (Phi) is 7.26. The van der Waals surface area contributed by atoms with Gasteiger partial charge in [-0.3, -0.25) is 9.69 Å². The van der Waals surface area contributed by atoms with Crippen LogP contribution < -0.4 is 15.5 Å². The number of amides is 1. The van der Waals surface area contributed by atoms with Crippen molar-refractivity contribution < 1.29 is 14.3 Å². The molecule has 0 unspecified atom stereocenters. The van der Waals surface area contributed by atoms with Gasteiger partial charge in [0.1, 0.15) is 17.4 Å². The van der Waals surface area contributed by atoms with Crippen molar-refractivity contribution in [3.8, 4) is 17.0 Å². The third-order valence-corrected chi connectivity index (χ3v) is 7.34. The summed E-state index contributed by atoms with van der Waals surface area (Å²) < 4.78 is 15.6. The topological polar surface area (TPSA) is 103 Å². The Bertz CT molecular complexity index is 1710. The predicted octanol–water partition coefficient (Wildman–Crippen LogP) is 5.99. The van der Waals surface area contributed by atoms with Gasteiger partial charge in [0.05, 0.1) is 17.3 Å². The number of hydrogen-bond donors (Lipinski definition) is 3. The van der Waals surface area contributed by atoms with Crippen LogP contribution in [0.4, 0.5) is 21.8 Å². The number of pyridine rings is 1. The first-order valence-corrected chi connectivity index (χ1v) is 13.6. The Morgan fingerprint density at radius 1 is 1.05 bits per heavy atom. The van der Waals surface area contributed by atoms with E-state index in [-0.39, 0.29) is 23.3 Å². The molecule has 0 aliphatic carbocycles. The summed E-state index contributed by atoms with van der Waals surface area (Å²) in [7, 11) is 0. The molecule has 1 saturated heterocycles. The number of benzene rings is 3. The molecule has 1 atom stereocenters. The summed E-state index contributed by atoms with van der Waals surface area (Å²) in [5, 5.41) is 17.8. The number of carbonyl (C=O) groups excluding carboxylic acids is 1. The Morgan fingerprint density at radius 3 is 2.66 bits per heavy atom. The SMILES string of the molecule is Cc1cccc2ccnc(N(C(=O)c3ccc(Nc4nccc(-c5ccc(O)cc5)n4)cc3F)[C@@H]3CCCNC3)c12. The lowest BCUT2D eigenvalue weighted by molar-refractivity contribution is 0.0968. The lowest BCUT2D eigenvalue weighted by Crippen LogP contribution is -2.49. The van der Waals surface area contributed by atoms with Crippen LogP contribution in [0.5, 0.6) is 5.75 Å². The van der Waals surface area contributed by atoms with E-state index in [9.17, 15) is 9.90 Å². The number of phenolic OH excluding ortho intramolecular Hbond substituents is 1. The van der Waals surface area contributed by atoms with Crippen molar-refractivity contribution in [3.63, 3.8) is 0 Å². The number of piperidine rings is 1. The number of aryl methyl sites for hydroxylation is 1. The second-order valence-corrected chi connectivity index (χ2v) is 10.1. The number of halogens is 1. The fourth-order valence-corrected chi connectivity index (χ4v) is 5.30. The normalized spacial score (nSPS) is 15.0. The fourth-order valence-electron chi connectivity index (χ4n) is 5.30. The maximum atomic E-state index is 15.6. The summed E-state index contributed by atoms with van der Waals surface area (Å²) in [5.74, 6) is -0.104.